The molecule has 1 fully saturated rings. The number of amides is 2. The highest BCUT2D eigenvalue weighted by Crippen LogP contribution is 2.42. The van der Waals surface area contributed by atoms with Crippen LogP contribution in [0.3, 0.4) is 0 Å². The van der Waals surface area contributed by atoms with Crippen molar-refractivity contribution < 1.29 is 9.59 Å². The lowest BCUT2D eigenvalue weighted by Gasteiger charge is -2.24. The number of nitrogens with zero attached hydrogens (tertiary/aromatic N) is 1. The second-order valence-corrected chi connectivity index (χ2v) is 6.00. The van der Waals surface area contributed by atoms with Gasteiger partial charge in [0.25, 0.3) is 0 Å². The summed E-state index contributed by atoms with van der Waals surface area (Å²) in [7, 11) is 0. The number of anilines is 1. The number of benzene rings is 1. The fraction of sp³-hybridized carbons (Fsp3) is 0.438. The van der Waals surface area contributed by atoms with E-state index in [1.54, 1.807) is 12.1 Å². The summed E-state index contributed by atoms with van der Waals surface area (Å²) in [6, 6.07) is 5.37. The molecule has 4 nitrogen and oxygen atoms in total. The number of hydrogen-bond donors (Lipinski definition) is 1. The van der Waals surface area contributed by atoms with Crippen LogP contribution < -0.4 is 10.6 Å². The van der Waals surface area contributed by atoms with Gasteiger partial charge in [-0.15, -0.1) is 0 Å². The van der Waals surface area contributed by atoms with Crippen molar-refractivity contribution in [1.82, 2.24) is 0 Å². The van der Waals surface area contributed by atoms with Crippen LogP contribution in [0.4, 0.5) is 5.69 Å². The van der Waals surface area contributed by atoms with Crippen molar-refractivity contribution in [3.63, 3.8) is 0 Å². The Balaban J connectivity index is 2.52. The topological polar surface area (TPSA) is 63.4 Å². The van der Waals surface area contributed by atoms with E-state index in [9.17, 15) is 9.59 Å². The van der Waals surface area contributed by atoms with Crippen LogP contribution in [0, 0.1) is 12.3 Å². The molecule has 0 unspecified atom stereocenters. The standard InChI is InChI=1S/C16H20N2O2S/c1-4-16(5-2)9-13(19)18(15(16)20)12-8-11(14(17)21)7-6-10(12)3/h6-8H,4-5,9H2,1-3H3,(H2,17,21). The molecule has 0 atom stereocenters. The zero-order valence-corrected chi connectivity index (χ0v) is 13.4. The maximum absolute atomic E-state index is 12.8. The number of imide groups is 1. The van der Waals surface area contributed by atoms with Crippen molar-refractivity contribution in [3.05, 3.63) is 29.3 Å². The van der Waals surface area contributed by atoms with Crippen molar-refractivity contribution >= 4 is 34.7 Å². The summed E-state index contributed by atoms with van der Waals surface area (Å²) in [5.41, 5.74) is 7.20. The molecule has 1 aliphatic heterocycles. The highest BCUT2D eigenvalue weighted by atomic mass is 32.1. The van der Waals surface area contributed by atoms with Gasteiger partial charge in [0.05, 0.1) is 11.1 Å². The van der Waals surface area contributed by atoms with E-state index < -0.39 is 5.41 Å². The first-order valence-electron chi connectivity index (χ1n) is 7.14. The predicted molar refractivity (Wildman–Crippen MR) is 87.2 cm³/mol. The number of hydrogen-bond acceptors (Lipinski definition) is 3. The molecule has 0 bridgehead atoms. The average Bonchev–Trinajstić information content (AvgIpc) is 2.71. The van der Waals surface area contributed by atoms with Crippen molar-refractivity contribution in [1.29, 1.82) is 0 Å². The molecule has 2 amide bonds. The van der Waals surface area contributed by atoms with Crippen molar-refractivity contribution in [2.75, 3.05) is 4.90 Å². The predicted octanol–water partition coefficient (Wildman–Crippen LogP) is 2.70. The first-order valence-corrected chi connectivity index (χ1v) is 7.55. The Bertz CT molecular complexity index is 621. The van der Waals surface area contributed by atoms with Gasteiger partial charge in [-0.3, -0.25) is 9.59 Å². The number of nitrogens with two attached hydrogens (primary N) is 1. The molecule has 0 radical (unpaired) electrons. The van der Waals surface area contributed by atoms with E-state index in [1.165, 1.54) is 4.90 Å². The quantitative estimate of drug-likeness (QED) is 0.686. The lowest BCUT2D eigenvalue weighted by atomic mass is 9.81. The van der Waals surface area contributed by atoms with Crippen molar-refractivity contribution in [2.45, 2.75) is 40.0 Å². The summed E-state index contributed by atoms with van der Waals surface area (Å²) >= 11 is 4.98. The van der Waals surface area contributed by atoms with Crippen molar-refractivity contribution in [3.8, 4) is 0 Å². The molecule has 1 aliphatic rings. The Morgan fingerprint density at radius 3 is 2.43 bits per heavy atom. The third-order valence-electron chi connectivity index (χ3n) is 4.48. The Hall–Kier alpha value is -1.75. The zero-order valence-electron chi connectivity index (χ0n) is 12.6. The summed E-state index contributed by atoms with van der Waals surface area (Å²) in [5, 5.41) is 0. The zero-order chi connectivity index (χ0) is 15.8. The van der Waals surface area contributed by atoms with Crippen LogP contribution in [0.1, 0.15) is 44.2 Å². The molecule has 21 heavy (non-hydrogen) atoms. The van der Waals surface area contributed by atoms with E-state index in [0.29, 0.717) is 24.1 Å². The van der Waals surface area contributed by atoms with Crippen LogP contribution in [0.2, 0.25) is 0 Å². The lowest BCUT2D eigenvalue weighted by molar-refractivity contribution is -0.126. The minimum atomic E-state index is -0.567. The van der Waals surface area contributed by atoms with Gasteiger partial charge in [-0.2, -0.15) is 0 Å². The molecular weight excluding hydrogens is 284 g/mol. The number of carbonyl (C=O) groups is 2. The van der Waals surface area contributed by atoms with Gasteiger partial charge in [0.2, 0.25) is 11.8 Å². The highest BCUT2D eigenvalue weighted by Gasteiger charge is 2.49. The van der Waals surface area contributed by atoms with Crippen LogP contribution in [-0.2, 0) is 9.59 Å². The second kappa shape index (κ2) is 5.56. The SMILES string of the molecule is CCC1(CC)CC(=O)N(c2cc(C(N)=S)ccc2C)C1=O. The smallest absolute Gasteiger partial charge is 0.240 e. The van der Waals surface area contributed by atoms with Gasteiger partial charge in [0, 0.05) is 12.0 Å². The monoisotopic (exact) mass is 304 g/mol. The van der Waals surface area contributed by atoms with E-state index >= 15 is 0 Å². The van der Waals surface area contributed by atoms with Crippen LogP contribution >= 0.6 is 12.2 Å². The van der Waals surface area contributed by atoms with Gasteiger partial charge >= 0.3 is 0 Å². The number of thiocarbonyl (C=S) groups is 1. The Morgan fingerprint density at radius 1 is 1.33 bits per heavy atom. The van der Waals surface area contributed by atoms with Gasteiger partial charge in [-0.1, -0.05) is 38.2 Å². The van der Waals surface area contributed by atoms with Crippen LogP contribution in [0.5, 0.6) is 0 Å². The third-order valence-corrected chi connectivity index (χ3v) is 4.72. The van der Waals surface area contributed by atoms with Gasteiger partial charge in [0.15, 0.2) is 0 Å². The largest absolute Gasteiger partial charge is 0.389 e. The van der Waals surface area contributed by atoms with Gasteiger partial charge in [-0.25, -0.2) is 4.90 Å². The maximum atomic E-state index is 12.8. The minimum Gasteiger partial charge on any atom is -0.389 e. The van der Waals surface area contributed by atoms with E-state index in [0.717, 1.165) is 5.56 Å². The second-order valence-electron chi connectivity index (χ2n) is 5.56. The highest BCUT2D eigenvalue weighted by molar-refractivity contribution is 7.80. The Morgan fingerprint density at radius 2 is 1.95 bits per heavy atom. The van der Waals surface area contributed by atoms with Gasteiger partial charge in [0.1, 0.15) is 4.99 Å². The van der Waals surface area contributed by atoms with Crippen LogP contribution in [0.15, 0.2) is 18.2 Å². The first kappa shape index (κ1) is 15.6. The number of carbonyl (C=O) groups excluding carboxylic acids is 2. The van der Waals surface area contributed by atoms with E-state index in [1.807, 2.05) is 26.8 Å². The van der Waals surface area contributed by atoms with Crippen molar-refractivity contribution in [2.24, 2.45) is 11.1 Å². The molecule has 0 spiro atoms. The summed E-state index contributed by atoms with van der Waals surface area (Å²) in [6.45, 7) is 5.78. The molecule has 112 valence electrons. The number of aryl methyl sites for hydroxylation is 1. The molecule has 5 heteroatoms. The average molecular weight is 304 g/mol. The third kappa shape index (κ3) is 2.46. The molecule has 1 saturated heterocycles. The first-order chi connectivity index (χ1) is 9.86. The molecule has 2 rings (SSSR count). The summed E-state index contributed by atoms with van der Waals surface area (Å²) in [5.74, 6) is -0.257. The fourth-order valence-corrected chi connectivity index (χ4v) is 2.97. The summed E-state index contributed by atoms with van der Waals surface area (Å²) < 4.78 is 0. The van der Waals surface area contributed by atoms with Crippen LogP contribution in [0.25, 0.3) is 0 Å². The fourth-order valence-electron chi connectivity index (χ4n) is 2.84. The summed E-state index contributed by atoms with van der Waals surface area (Å²) in [6.07, 6.45) is 1.60. The van der Waals surface area contributed by atoms with Crippen LogP contribution in [-0.4, -0.2) is 16.8 Å². The molecule has 0 aromatic heterocycles. The molecule has 1 heterocycles. The van der Waals surface area contributed by atoms with E-state index in [2.05, 4.69) is 0 Å². The normalized spacial score (nSPS) is 17.4. The summed E-state index contributed by atoms with van der Waals surface area (Å²) in [4.78, 5) is 26.7. The molecule has 2 N–H and O–H groups in total. The molecule has 1 aromatic rings. The Kier molecular flexibility index (Phi) is 4.14. The molecular formula is C16H20N2O2S. The molecule has 0 saturated carbocycles. The van der Waals surface area contributed by atoms with Gasteiger partial charge in [-0.05, 0) is 31.4 Å². The molecule has 0 aliphatic carbocycles. The Labute approximate surface area is 130 Å². The lowest BCUT2D eigenvalue weighted by Crippen LogP contribution is -2.35. The van der Waals surface area contributed by atoms with E-state index in [4.69, 9.17) is 18.0 Å². The molecule has 1 aromatic carbocycles. The minimum absolute atomic E-state index is 0.110. The number of rotatable bonds is 4. The van der Waals surface area contributed by atoms with Gasteiger partial charge < -0.3 is 5.73 Å². The maximum Gasteiger partial charge on any atom is 0.240 e. The van der Waals surface area contributed by atoms with E-state index in [-0.39, 0.29) is 23.2 Å².